The average molecular weight is 175 g/mol. The van der Waals surface area contributed by atoms with E-state index in [4.69, 9.17) is 4.84 Å². The van der Waals surface area contributed by atoms with Gasteiger partial charge in [0, 0.05) is 0 Å². The molecule has 2 heteroatoms. The predicted molar refractivity (Wildman–Crippen MR) is 53.2 cm³/mol. The normalized spacial score (nSPS) is 18.8. The van der Waals surface area contributed by atoms with Gasteiger partial charge in [-0.15, -0.1) is 0 Å². The molecule has 0 spiro atoms. The number of anilines is 1. The van der Waals surface area contributed by atoms with Gasteiger partial charge in [0.05, 0.1) is 11.2 Å². The molecule has 1 aliphatic heterocycles. The average Bonchev–Trinajstić information content (AvgIpc) is 2.47. The fourth-order valence-corrected chi connectivity index (χ4v) is 1.42. The Kier molecular flexibility index (Phi) is 1.76. The van der Waals surface area contributed by atoms with Crippen molar-refractivity contribution in [1.29, 1.82) is 0 Å². The van der Waals surface area contributed by atoms with E-state index in [0.717, 1.165) is 5.69 Å². The second-order valence-corrected chi connectivity index (χ2v) is 3.69. The topological polar surface area (TPSA) is 12.5 Å². The first kappa shape index (κ1) is 8.17. The second-order valence-electron chi connectivity index (χ2n) is 3.69. The molecule has 1 heterocycles. The van der Waals surface area contributed by atoms with Crippen LogP contribution in [0.2, 0.25) is 0 Å². The van der Waals surface area contributed by atoms with Crippen LogP contribution in [0.25, 0.3) is 0 Å². The number of para-hydroxylation sites is 1. The molecule has 0 saturated heterocycles. The van der Waals surface area contributed by atoms with E-state index in [2.05, 4.69) is 13.8 Å². The molecule has 0 N–H and O–H groups in total. The number of nitrogens with zero attached hydrogens (tertiary/aromatic N) is 1. The molecule has 0 aromatic heterocycles. The number of benzene rings is 1. The van der Waals surface area contributed by atoms with Gasteiger partial charge < -0.3 is 4.84 Å². The molecule has 0 bridgehead atoms. The largest absolute Gasteiger partial charge is 0.387 e. The Bertz CT molecular complexity index is 316. The van der Waals surface area contributed by atoms with E-state index in [9.17, 15) is 0 Å². The highest BCUT2D eigenvalue weighted by atomic mass is 16.7. The van der Waals surface area contributed by atoms with Crippen LogP contribution in [-0.4, -0.2) is 5.54 Å². The highest BCUT2D eigenvalue weighted by Crippen LogP contribution is 2.29. The van der Waals surface area contributed by atoms with Gasteiger partial charge in [0.25, 0.3) is 0 Å². The van der Waals surface area contributed by atoms with E-state index >= 15 is 0 Å². The molecule has 0 aliphatic carbocycles. The van der Waals surface area contributed by atoms with Gasteiger partial charge >= 0.3 is 0 Å². The van der Waals surface area contributed by atoms with Crippen molar-refractivity contribution >= 4 is 5.69 Å². The highest BCUT2D eigenvalue weighted by Gasteiger charge is 2.29. The van der Waals surface area contributed by atoms with Gasteiger partial charge in [0.1, 0.15) is 6.26 Å². The first-order valence-electron chi connectivity index (χ1n) is 4.40. The lowest BCUT2D eigenvalue weighted by Gasteiger charge is -2.30. The van der Waals surface area contributed by atoms with Gasteiger partial charge in [-0.2, -0.15) is 0 Å². The summed E-state index contributed by atoms with van der Waals surface area (Å²) in [4.78, 5) is 5.41. The van der Waals surface area contributed by atoms with Gasteiger partial charge in [-0.25, -0.2) is 5.06 Å². The fourth-order valence-electron chi connectivity index (χ4n) is 1.42. The molecule has 2 rings (SSSR count). The molecule has 1 aliphatic rings. The van der Waals surface area contributed by atoms with Crippen LogP contribution in [0, 0.1) is 0 Å². The molecule has 0 radical (unpaired) electrons. The number of rotatable bonds is 1. The Hall–Kier alpha value is -1.44. The predicted octanol–water partition coefficient (Wildman–Crippen LogP) is 2.73. The maximum Gasteiger partial charge on any atom is 0.118 e. The molecule has 0 amide bonds. The van der Waals surface area contributed by atoms with Crippen LogP contribution in [0.3, 0.4) is 0 Å². The van der Waals surface area contributed by atoms with Crippen molar-refractivity contribution in [3.8, 4) is 0 Å². The monoisotopic (exact) mass is 175 g/mol. The van der Waals surface area contributed by atoms with Crippen molar-refractivity contribution in [2.45, 2.75) is 19.4 Å². The standard InChI is InChI=1S/C11H13NO/c1-11(2)8-9-13-12(11)10-6-4-3-5-7-10/h3-9H,1-2H3. The minimum absolute atomic E-state index is 0.0542. The minimum Gasteiger partial charge on any atom is -0.387 e. The molecule has 1 aromatic rings. The number of hydrogen-bond donors (Lipinski definition) is 0. The molecular formula is C11H13NO. The van der Waals surface area contributed by atoms with Gasteiger partial charge in [-0.1, -0.05) is 18.2 Å². The lowest BCUT2D eigenvalue weighted by molar-refractivity contribution is 0.198. The Morgan fingerprint density at radius 2 is 1.85 bits per heavy atom. The van der Waals surface area contributed by atoms with Gasteiger partial charge in [-0.3, -0.25) is 0 Å². The van der Waals surface area contributed by atoms with E-state index in [0.29, 0.717) is 0 Å². The molecule has 13 heavy (non-hydrogen) atoms. The smallest absolute Gasteiger partial charge is 0.118 e. The minimum atomic E-state index is -0.0542. The van der Waals surface area contributed by atoms with Crippen molar-refractivity contribution in [3.05, 3.63) is 42.7 Å². The van der Waals surface area contributed by atoms with Crippen LogP contribution in [0.1, 0.15) is 13.8 Å². The Balaban J connectivity index is 2.29. The Morgan fingerprint density at radius 1 is 1.15 bits per heavy atom. The van der Waals surface area contributed by atoms with Crippen molar-refractivity contribution in [1.82, 2.24) is 0 Å². The van der Waals surface area contributed by atoms with Crippen LogP contribution in [-0.2, 0) is 4.84 Å². The van der Waals surface area contributed by atoms with E-state index in [-0.39, 0.29) is 5.54 Å². The van der Waals surface area contributed by atoms with Crippen LogP contribution < -0.4 is 5.06 Å². The molecule has 0 saturated carbocycles. The van der Waals surface area contributed by atoms with Crippen LogP contribution in [0.4, 0.5) is 5.69 Å². The Morgan fingerprint density at radius 3 is 2.38 bits per heavy atom. The van der Waals surface area contributed by atoms with Crippen molar-refractivity contribution in [2.24, 2.45) is 0 Å². The lowest BCUT2D eigenvalue weighted by atomic mass is 10.1. The summed E-state index contributed by atoms with van der Waals surface area (Å²) in [6.45, 7) is 4.23. The number of hydroxylamine groups is 1. The third-order valence-corrected chi connectivity index (χ3v) is 2.16. The first-order chi connectivity index (χ1) is 6.20. The number of hydrogen-bond acceptors (Lipinski definition) is 2. The lowest BCUT2D eigenvalue weighted by Crippen LogP contribution is -2.37. The van der Waals surface area contributed by atoms with Gasteiger partial charge in [-0.05, 0) is 32.1 Å². The summed E-state index contributed by atoms with van der Waals surface area (Å²) in [5.41, 5.74) is 1.03. The molecular weight excluding hydrogens is 162 g/mol. The molecule has 2 nitrogen and oxygen atoms in total. The third-order valence-electron chi connectivity index (χ3n) is 2.16. The molecule has 0 unspecified atom stereocenters. The molecule has 68 valence electrons. The SMILES string of the molecule is CC1(C)C=CON1c1ccccc1. The van der Waals surface area contributed by atoms with Crippen molar-refractivity contribution in [3.63, 3.8) is 0 Å². The van der Waals surface area contributed by atoms with Crippen LogP contribution >= 0.6 is 0 Å². The molecule has 1 aromatic carbocycles. The van der Waals surface area contributed by atoms with E-state index in [1.54, 1.807) is 6.26 Å². The van der Waals surface area contributed by atoms with Gasteiger partial charge in [0.15, 0.2) is 0 Å². The highest BCUT2D eigenvalue weighted by molar-refractivity contribution is 5.48. The van der Waals surface area contributed by atoms with Gasteiger partial charge in [0.2, 0.25) is 0 Å². The first-order valence-corrected chi connectivity index (χ1v) is 4.40. The third kappa shape index (κ3) is 1.39. The van der Waals surface area contributed by atoms with E-state index in [1.807, 2.05) is 41.5 Å². The zero-order valence-corrected chi connectivity index (χ0v) is 7.90. The maximum absolute atomic E-state index is 5.41. The maximum atomic E-state index is 5.41. The zero-order chi connectivity index (χ0) is 9.31. The summed E-state index contributed by atoms with van der Waals surface area (Å²) < 4.78 is 0. The fraction of sp³-hybridized carbons (Fsp3) is 0.273. The van der Waals surface area contributed by atoms with E-state index < -0.39 is 0 Å². The Labute approximate surface area is 78.4 Å². The summed E-state index contributed by atoms with van der Waals surface area (Å²) >= 11 is 0. The summed E-state index contributed by atoms with van der Waals surface area (Å²) in [7, 11) is 0. The van der Waals surface area contributed by atoms with Crippen molar-refractivity contribution in [2.75, 3.05) is 5.06 Å². The van der Waals surface area contributed by atoms with Crippen molar-refractivity contribution < 1.29 is 4.84 Å². The quantitative estimate of drug-likeness (QED) is 0.650. The second kappa shape index (κ2) is 2.80. The summed E-state index contributed by atoms with van der Waals surface area (Å²) in [6, 6.07) is 10.1. The zero-order valence-electron chi connectivity index (χ0n) is 7.90. The van der Waals surface area contributed by atoms with E-state index in [1.165, 1.54) is 0 Å². The van der Waals surface area contributed by atoms with Crippen LogP contribution in [0.15, 0.2) is 42.7 Å². The summed E-state index contributed by atoms with van der Waals surface area (Å²) in [5, 5.41) is 1.90. The summed E-state index contributed by atoms with van der Waals surface area (Å²) in [6.07, 6.45) is 3.77. The molecule has 0 fully saturated rings. The molecule has 0 atom stereocenters. The summed E-state index contributed by atoms with van der Waals surface area (Å²) in [5.74, 6) is 0. The van der Waals surface area contributed by atoms with Crippen LogP contribution in [0.5, 0.6) is 0 Å².